The predicted octanol–water partition coefficient (Wildman–Crippen LogP) is 3.22. The van der Waals surface area contributed by atoms with Crippen LogP contribution in [0.15, 0.2) is 56.6 Å². The van der Waals surface area contributed by atoms with Gasteiger partial charge in [0.25, 0.3) is 11.2 Å². The van der Waals surface area contributed by atoms with E-state index in [0.29, 0.717) is 5.89 Å². The number of sulfone groups is 1. The molecule has 0 saturated carbocycles. The van der Waals surface area contributed by atoms with Gasteiger partial charge in [-0.05, 0) is 25.1 Å². The molecule has 11 nitrogen and oxygen atoms in total. The van der Waals surface area contributed by atoms with Gasteiger partial charge in [-0.3, -0.25) is 14.9 Å². The highest BCUT2D eigenvalue weighted by Gasteiger charge is 2.25. The molecule has 4 aromatic rings. The maximum atomic E-state index is 12.7. The molecule has 0 bridgehead atoms. The largest absolute Gasteiger partial charge is 0.418 e. The molecule has 2 aromatic carbocycles. The van der Waals surface area contributed by atoms with Crippen molar-refractivity contribution in [2.45, 2.75) is 17.9 Å². The van der Waals surface area contributed by atoms with Crippen LogP contribution in [-0.4, -0.2) is 41.8 Å². The number of nitro groups is 1. The third-order valence-corrected chi connectivity index (χ3v) is 7.28. The maximum absolute atomic E-state index is 12.7. The van der Waals surface area contributed by atoms with Crippen LogP contribution in [0, 0.1) is 10.1 Å². The number of benzene rings is 2. The van der Waals surface area contributed by atoms with Crippen molar-refractivity contribution >= 4 is 42.1 Å². The fourth-order valence-electron chi connectivity index (χ4n) is 3.05. The number of nitrogens with zero attached hydrogens (tertiary/aromatic N) is 5. The zero-order chi connectivity index (χ0) is 23.9. The van der Waals surface area contributed by atoms with Gasteiger partial charge in [0.15, 0.2) is 15.0 Å². The first-order chi connectivity index (χ1) is 15.6. The minimum atomic E-state index is -3.77. The van der Waals surface area contributed by atoms with Crippen LogP contribution in [0.25, 0.3) is 21.5 Å². The number of fused-ring (bicyclic) bond motifs is 1. The third-order valence-electron chi connectivity index (χ3n) is 4.99. The van der Waals surface area contributed by atoms with Crippen molar-refractivity contribution in [3.8, 4) is 11.5 Å². The van der Waals surface area contributed by atoms with Crippen LogP contribution >= 0.6 is 11.3 Å². The lowest BCUT2D eigenvalue weighted by molar-refractivity contribution is -0.383. The van der Waals surface area contributed by atoms with Gasteiger partial charge in [0.2, 0.25) is 11.8 Å². The van der Waals surface area contributed by atoms with E-state index in [2.05, 4.69) is 15.2 Å². The fourth-order valence-corrected chi connectivity index (χ4v) is 4.81. The Morgan fingerprint density at radius 3 is 2.52 bits per heavy atom. The summed E-state index contributed by atoms with van der Waals surface area (Å²) in [5.41, 5.74) is -0.511. The first kappa shape index (κ1) is 22.5. The SMILES string of the molecule is CC(c1nnc(-c2ccccc2)o1)N(C)c1nc(=O)c2cc(S(C)(=O)=O)cc([N+](=O)[O-])c2s1. The Balaban J connectivity index is 1.77. The quantitative estimate of drug-likeness (QED) is 0.293. The maximum Gasteiger partial charge on any atom is 0.288 e. The minimum absolute atomic E-state index is 0.0250. The molecule has 0 radical (unpaired) electrons. The van der Waals surface area contributed by atoms with Gasteiger partial charge in [0, 0.05) is 24.9 Å². The molecule has 4 rings (SSSR count). The summed E-state index contributed by atoms with van der Waals surface area (Å²) >= 11 is 0.898. The van der Waals surface area contributed by atoms with E-state index in [1.807, 2.05) is 30.3 Å². The number of nitro benzene ring substituents is 1. The van der Waals surface area contributed by atoms with E-state index in [4.69, 9.17) is 4.42 Å². The van der Waals surface area contributed by atoms with Gasteiger partial charge >= 0.3 is 0 Å². The molecule has 0 aliphatic heterocycles. The molecule has 2 aromatic heterocycles. The Morgan fingerprint density at radius 2 is 1.88 bits per heavy atom. The molecule has 0 saturated heterocycles. The predicted molar refractivity (Wildman–Crippen MR) is 122 cm³/mol. The van der Waals surface area contributed by atoms with Crippen molar-refractivity contribution in [2.24, 2.45) is 0 Å². The lowest BCUT2D eigenvalue weighted by Crippen LogP contribution is -2.24. The molecule has 1 unspecified atom stereocenters. The molecule has 0 amide bonds. The Kier molecular flexibility index (Phi) is 5.68. The van der Waals surface area contributed by atoms with Crippen molar-refractivity contribution in [1.82, 2.24) is 15.2 Å². The molecule has 170 valence electrons. The summed E-state index contributed by atoms with van der Waals surface area (Å²) in [4.78, 5) is 28.9. The summed E-state index contributed by atoms with van der Waals surface area (Å²) in [6.07, 6.45) is 0.914. The summed E-state index contributed by atoms with van der Waals surface area (Å²) in [5.74, 6) is 0.592. The van der Waals surface area contributed by atoms with Gasteiger partial charge in [0.05, 0.1) is 15.2 Å². The molecule has 2 heterocycles. The van der Waals surface area contributed by atoms with Crippen molar-refractivity contribution in [2.75, 3.05) is 18.2 Å². The van der Waals surface area contributed by atoms with E-state index in [-0.39, 0.29) is 26.0 Å². The van der Waals surface area contributed by atoms with E-state index in [9.17, 15) is 23.3 Å². The molecule has 0 aliphatic rings. The zero-order valence-electron chi connectivity index (χ0n) is 17.6. The van der Waals surface area contributed by atoms with Crippen molar-refractivity contribution in [3.63, 3.8) is 0 Å². The van der Waals surface area contributed by atoms with E-state index in [1.165, 1.54) is 0 Å². The van der Waals surface area contributed by atoms with Crippen molar-refractivity contribution in [1.29, 1.82) is 0 Å². The van der Waals surface area contributed by atoms with Gasteiger partial charge < -0.3 is 9.32 Å². The molecule has 0 aliphatic carbocycles. The normalized spacial score (nSPS) is 12.6. The average Bonchev–Trinajstić information content (AvgIpc) is 3.27. The number of rotatable bonds is 6. The minimum Gasteiger partial charge on any atom is -0.418 e. The number of hydrogen-bond acceptors (Lipinski definition) is 11. The second-order valence-electron chi connectivity index (χ2n) is 7.25. The molecule has 13 heteroatoms. The summed E-state index contributed by atoms with van der Waals surface area (Å²) in [6, 6.07) is 10.7. The van der Waals surface area contributed by atoms with Crippen LogP contribution in [0.5, 0.6) is 0 Å². The number of anilines is 1. The van der Waals surface area contributed by atoms with Crippen LogP contribution in [0.4, 0.5) is 10.8 Å². The van der Waals surface area contributed by atoms with Crippen LogP contribution in [0.3, 0.4) is 0 Å². The smallest absolute Gasteiger partial charge is 0.288 e. The molecule has 0 spiro atoms. The standard InChI is InChI=1S/C20H17N5O6S2/c1-11(18-22-23-19(31-18)12-7-5-4-6-8-12)24(2)20-21-17(26)14-9-13(33(3,29)30)10-15(25(27)28)16(14)32-20/h4-11H,1-3H3. The Bertz CT molecular complexity index is 1530. The number of hydrogen-bond donors (Lipinski definition) is 0. The second kappa shape index (κ2) is 8.33. The van der Waals surface area contributed by atoms with E-state index in [0.717, 1.165) is 35.3 Å². The monoisotopic (exact) mass is 487 g/mol. The van der Waals surface area contributed by atoms with Crippen molar-refractivity contribution < 1.29 is 17.8 Å². The zero-order valence-corrected chi connectivity index (χ0v) is 19.3. The van der Waals surface area contributed by atoms with Gasteiger partial charge in [-0.25, -0.2) is 8.42 Å². The number of non-ortho nitro benzene ring substituents is 1. The van der Waals surface area contributed by atoms with Crippen LogP contribution < -0.4 is 10.5 Å². The highest BCUT2D eigenvalue weighted by atomic mass is 32.2. The second-order valence-corrected chi connectivity index (χ2v) is 10.2. The Morgan fingerprint density at radius 1 is 1.18 bits per heavy atom. The summed E-state index contributed by atoms with van der Waals surface area (Å²) in [6.45, 7) is 1.76. The topological polar surface area (TPSA) is 149 Å². The van der Waals surface area contributed by atoms with E-state index >= 15 is 0 Å². The third kappa shape index (κ3) is 4.32. The Labute approximate surface area is 191 Å². The fraction of sp³-hybridized carbons (Fsp3) is 0.200. The molecule has 0 N–H and O–H groups in total. The lowest BCUT2D eigenvalue weighted by atomic mass is 10.2. The average molecular weight is 488 g/mol. The molecule has 33 heavy (non-hydrogen) atoms. The van der Waals surface area contributed by atoms with E-state index < -0.39 is 32.0 Å². The molecule has 1 atom stereocenters. The van der Waals surface area contributed by atoms with Crippen molar-refractivity contribution in [3.05, 3.63) is 68.8 Å². The number of aromatic nitrogens is 3. The molecular weight excluding hydrogens is 470 g/mol. The van der Waals surface area contributed by atoms with Gasteiger partial charge in [-0.1, -0.05) is 29.5 Å². The first-order valence-electron chi connectivity index (χ1n) is 9.51. The highest BCUT2D eigenvalue weighted by Crippen LogP contribution is 2.36. The molecule has 0 fully saturated rings. The highest BCUT2D eigenvalue weighted by molar-refractivity contribution is 7.90. The lowest BCUT2D eigenvalue weighted by Gasteiger charge is -2.22. The van der Waals surface area contributed by atoms with Crippen LogP contribution in [0.1, 0.15) is 18.9 Å². The van der Waals surface area contributed by atoms with Crippen LogP contribution in [-0.2, 0) is 9.84 Å². The summed E-state index contributed by atoms with van der Waals surface area (Å²) < 4.78 is 29.6. The Hall–Kier alpha value is -3.71. The van der Waals surface area contributed by atoms with E-state index in [1.54, 1.807) is 18.9 Å². The van der Waals surface area contributed by atoms with Gasteiger partial charge in [-0.2, -0.15) is 4.98 Å². The van der Waals surface area contributed by atoms with Gasteiger partial charge in [0.1, 0.15) is 10.7 Å². The van der Waals surface area contributed by atoms with Crippen LogP contribution in [0.2, 0.25) is 0 Å². The summed E-state index contributed by atoms with van der Waals surface area (Å²) in [7, 11) is -2.13. The first-order valence-corrected chi connectivity index (χ1v) is 12.2. The molecular formula is C20H17N5O6S2. The van der Waals surface area contributed by atoms with Gasteiger partial charge in [-0.15, -0.1) is 10.2 Å². The summed E-state index contributed by atoms with van der Waals surface area (Å²) in [5, 5.41) is 19.8.